The minimum Gasteiger partial charge on any atom is -0.479 e. The van der Waals surface area contributed by atoms with Crippen LogP contribution in [0.4, 0.5) is 4.79 Å². The largest absolute Gasteiger partial charge is 0.479 e. The maximum atomic E-state index is 12.8. The number of carboxylic acids is 1. The summed E-state index contributed by atoms with van der Waals surface area (Å²) < 4.78 is 25.5. The van der Waals surface area contributed by atoms with Gasteiger partial charge in [0.1, 0.15) is 5.54 Å². The quantitative estimate of drug-likeness (QED) is 0.260. The van der Waals surface area contributed by atoms with Gasteiger partial charge >= 0.3 is 12.0 Å². The third-order valence-electron chi connectivity index (χ3n) is 7.19. The molecule has 1 saturated carbocycles. The zero-order valence-corrected chi connectivity index (χ0v) is 23.2. The monoisotopic (exact) mass is 543 g/mol. The summed E-state index contributed by atoms with van der Waals surface area (Å²) in [6.07, 6.45) is 3.07. The number of rotatable bonds is 12. The van der Waals surface area contributed by atoms with E-state index >= 15 is 0 Å². The maximum Gasteiger partial charge on any atom is 0.330 e. The second kappa shape index (κ2) is 11.8. The molecule has 0 aromatic heterocycles. The Hall–Kier alpha value is -2.67. The summed E-state index contributed by atoms with van der Waals surface area (Å²) in [6.45, 7) is 11.0. The molecule has 1 saturated heterocycles. The number of hydrogen-bond donors (Lipinski definition) is 4. The lowest BCUT2D eigenvalue weighted by molar-refractivity contribution is -0.144. The third kappa shape index (κ3) is 7.67. The minimum absolute atomic E-state index is 0.0266. The SMILES string of the molecule is C=CC1C[C@]1(NC(=O)C[C@@H]1CCCN1C(=O)CNC(=O)NC(CN(C)S(=O)(=O)CC)C(C)(C)C)C(=O)O. The normalized spacial score (nSPS) is 24.3. The first-order valence-electron chi connectivity index (χ1n) is 12.5. The minimum atomic E-state index is -3.43. The Kier molecular flexibility index (Phi) is 9.75. The van der Waals surface area contributed by atoms with Crippen molar-refractivity contribution in [2.75, 3.05) is 32.4 Å². The predicted octanol–water partition coefficient (Wildman–Crippen LogP) is 0.508. The Morgan fingerprint density at radius 2 is 1.92 bits per heavy atom. The van der Waals surface area contributed by atoms with Crippen LogP contribution < -0.4 is 16.0 Å². The van der Waals surface area contributed by atoms with E-state index < -0.39 is 44.9 Å². The molecule has 4 atom stereocenters. The van der Waals surface area contributed by atoms with Crippen LogP contribution in [0, 0.1) is 11.3 Å². The van der Waals surface area contributed by atoms with Crippen LogP contribution in [-0.2, 0) is 24.4 Å². The van der Waals surface area contributed by atoms with Crippen molar-refractivity contribution in [3.05, 3.63) is 12.7 Å². The molecule has 1 heterocycles. The molecular formula is C24H41N5O7S. The van der Waals surface area contributed by atoms with Crippen molar-refractivity contribution in [1.29, 1.82) is 0 Å². The summed E-state index contributed by atoms with van der Waals surface area (Å²) in [6, 6.07) is -1.50. The maximum absolute atomic E-state index is 12.8. The molecule has 4 N–H and O–H groups in total. The average molecular weight is 544 g/mol. The zero-order chi connectivity index (χ0) is 28.2. The second-order valence-corrected chi connectivity index (χ2v) is 13.2. The number of sulfonamides is 1. The third-order valence-corrected chi connectivity index (χ3v) is 9.02. The first-order valence-corrected chi connectivity index (χ1v) is 14.1. The topological polar surface area (TPSA) is 165 Å². The lowest BCUT2D eigenvalue weighted by Crippen LogP contribution is -2.55. The standard InChI is InChI=1S/C24H41N5O7S/c1-7-16-13-24(16,21(32)33)27-19(30)12-17-10-9-11-29(17)20(31)14-25-22(34)26-18(23(3,4)5)15-28(6)37(35,36)8-2/h7,16-18H,1,8-15H2,2-6H3,(H,27,30)(H,32,33)(H2,25,26,34)/t16?,17-,18?,24+/m0/s1. The molecule has 0 radical (unpaired) electrons. The molecule has 0 aromatic carbocycles. The van der Waals surface area contributed by atoms with Gasteiger partial charge in [-0.15, -0.1) is 6.58 Å². The van der Waals surface area contributed by atoms with Crippen LogP contribution in [0.25, 0.3) is 0 Å². The number of urea groups is 1. The lowest BCUT2D eigenvalue weighted by atomic mass is 9.87. The van der Waals surface area contributed by atoms with E-state index in [1.54, 1.807) is 6.92 Å². The van der Waals surface area contributed by atoms with Gasteiger partial charge in [-0.05, 0) is 31.6 Å². The molecule has 37 heavy (non-hydrogen) atoms. The van der Waals surface area contributed by atoms with Gasteiger partial charge in [-0.25, -0.2) is 22.3 Å². The molecular weight excluding hydrogens is 502 g/mol. The number of amides is 4. The lowest BCUT2D eigenvalue weighted by Gasteiger charge is -2.34. The number of aliphatic carboxylic acids is 1. The fraction of sp³-hybridized carbons (Fsp3) is 0.750. The van der Waals surface area contributed by atoms with Crippen molar-refractivity contribution in [3.63, 3.8) is 0 Å². The molecule has 1 aliphatic carbocycles. The Morgan fingerprint density at radius 1 is 1.27 bits per heavy atom. The molecule has 0 aromatic rings. The van der Waals surface area contributed by atoms with Gasteiger partial charge in [0.25, 0.3) is 0 Å². The summed E-state index contributed by atoms with van der Waals surface area (Å²) in [4.78, 5) is 51.1. The average Bonchev–Trinajstić information content (AvgIpc) is 3.33. The number of nitrogens with one attached hydrogen (secondary N) is 3. The second-order valence-electron chi connectivity index (χ2n) is 10.9. The van der Waals surface area contributed by atoms with Crippen LogP contribution in [0.5, 0.6) is 0 Å². The molecule has 0 spiro atoms. The fourth-order valence-corrected chi connectivity index (χ4v) is 5.32. The molecule has 2 rings (SSSR count). The molecule has 4 amide bonds. The van der Waals surface area contributed by atoms with Crippen LogP contribution in [0.1, 0.15) is 53.4 Å². The highest BCUT2D eigenvalue weighted by molar-refractivity contribution is 7.89. The van der Waals surface area contributed by atoms with Crippen molar-refractivity contribution in [2.24, 2.45) is 11.3 Å². The smallest absolute Gasteiger partial charge is 0.330 e. The van der Waals surface area contributed by atoms with Crippen LogP contribution in [0.3, 0.4) is 0 Å². The molecule has 13 heteroatoms. The van der Waals surface area contributed by atoms with Gasteiger partial charge in [-0.3, -0.25) is 9.59 Å². The van der Waals surface area contributed by atoms with Gasteiger partial charge in [0, 0.05) is 44.6 Å². The van der Waals surface area contributed by atoms with Crippen molar-refractivity contribution in [1.82, 2.24) is 25.2 Å². The first kappa shape index (κ1) is 30.6. The van der Waals surface area contributed by atoms with E-state index in [2.05, 4.69) is 22.5 Å². The number of nitrogens with zero attached hydrogens (tertiary/aromatic N) is 2. The fourth-order valence-electron chi connectivity index (χ4n) is 4.50. The van der Waals surface area contributed by atoms with E-state index in [1.165, 1.54) is 22.3 Å². The molecule has 2 unspecified atom stereocenters. The Morgan fingerprint density at radius 3 is 2.43 bits per heavy atom. The molecule has 12 nitrogen and oxygen atoms in total. The molecule has 210 valence electrons. The van der Waals surface area contributed by atoms with Gasteiger partial charge in [0.05, 0.1) is 12.3 Å². The number of carbonyl (C=O) groups is 4. The molecule has 2 aliphatic rings. The van der Waals surface area contributed by atoms with Gasteiger partial charge in [-0.1, -0.05) is 26.8 Å². The summed E-state index contributed by atoms with van der Waals surface area (Å²) in [7, 11) is -1.97. The van der Waals surface area contributed by atoms with E-state index in [4.69, 9.17) is 0 Å². The summed E-state index contributed by atoms with van der Waals surface area (Å²) >= 11 is 0. The number of likely N-dealkylation sites (N-methyl/N-ethyl adjacent to an activating group) is 1. The Bertz CT molecular complexity index is 1010. The van der Waals surface area contributed by atoms with Gasteiger partial charge in [-0.2, -0.15) is 0 Å². The highest BCUT2D eigenvalue weighted by Gasteiger charge is 2.60. The van der Waals surface area contributed by atoms with Crippen molar-refractivity contribution in [3.8, 4) is 0 Å². The first-order chi connectivity index (χ1) is 17.1. The number of hydrogen-bond acceptors (Lipinski definition) is 6. The Balaban J connectivity index is 1.91. The van der Waals surface area contributed by atoms with E-state index in [9.17, 15) is 32.7 Å². The van der Waals surface area contributed by atoms with Crippen LogP contribution in [0.2, 0.25) is 0 Å². The molecule has 1 aliphatic heterocycles. The van der Waals surface area contributed by atoms with Gasteiger partial charge in [0.2, 0.25) is 21.8 Å². The van der Waals surface area contributed by atoms with Gasteiger partial charge < -0.3 is 26.0 Å². The predicted molar refractivity (Wildman–Crippen MR) is 138 cm³/mol. The van der Waals surface area contributed by atoms with Crippen LogP contribution in [-0.4, -0.2) is 96.6 Å². The van der Waals surface area contributed by atoms with E-state index in [-0.39, 0.29) is 43.1 Å². The molecule has 0 bridgehead atoms. The van der Waals surface area contributed by atoms with Crippen LogP contribution >= 0.6 is 0 Å². The van der Waals surface area contributed by atoms with Crippen LogP contribution in [0.15, 0.2) is 12.7 Å². The van der Waals surface area contributed by atoms with Crippen molar-refractivity contribution >= 4 is 33.8 Å². The number of carbonyl (C=O) groups excluding carboxylic acids is 3. The number of likely N-dealkylation sites (tertiary alicyclic amines) is 1. The highest BCUT2D eigenvalue weighted by Crippen LogP contribution is 2.44. The van der Waals surface area contributed by atoms with Crippen molar-refractivity contribution in [2.45, 2.75) is 71.0 Å². The van der Waals surface area contributed by atoms with E-state index in [1.807, 2.05) is 20.8 Å². The highest BCUT2D eigenvalue weighted by atomic mass is 32.2. The Labute approximate surface area is 219 Å². The van der Waals surface area contributed by atoms with E-state index in [0.717, 1.165) is 0 Å². The number of carboxylic acid groups (broad SMARTS) is 1. The summed E-state index contributed by atoms with van der Waals surface area (Å²) in [5, 5.41) is 17.4. The van der Waals surface area contributed by atoms with Gasteiger partial charge in [0.15, 0.2) is 0 Å². The van der Waals surface area contributed by atoms with Crippen molar-refractivity contribution < 1.29 is 32.7 Å². The summed E-state index contributed by atoms with van der Waals surface area (Å²) in [5.74, 6) is -2.28. The zero-order valence-electron chi connectivity index (χ0n) is 22.4. The molecule has 2 fully saturated rings. The summed E-state index contributed by atoms with van der Waals surface area (Å²) in [5.41, 5.74) is -1.77. The van der Waals surface area contributed by atoms with E-state index in [0.29, 0.717) is 25.8 Å².